The average Bonchev–Trinajstić information content (AvgIpc) is 2.25. The Hall–Kier alpha value is -1.76. The van der Waals surface area contributed by atoms with E-state index in [1.54, 1.807) is 13.8 Å². The molecule has 0 saturated carbocycles. The summed E-state index contributed by atoms with van der Waals surface area (Å²) >= 11 is 1.24. The number of nitrogen functional groups attached to an aromatic ring is 1. The highest BCUT2D eigenvalue weighted by molar-refractivity contribution is 7.99. The molecule has 6 heteroatoms. The van der Waals surface area contributed by atoms with Crippen LogP contribution in [0.5, 0.6) is 0 Å². The van der Waals surface area contributed by atoms with Crippen molar-refractivity contribution >= 4 is 17.6 Å². The molecule has 5 nitrogen and oxygen atoms in total. The smallest absolute Gasteiger partial charge is 0.142 e. The van der Waals surface area contributed by atoms with E-state index in [2.05, 4.69) is 4.98 Å². The molecule has 0 radical (unpaired) electrons. The summed E-state index contributed by atoms with van der Waals surface area (Å²) in [5, 5.41) is 27.7. The number of anilines is 1. The molecule has 1 heterocycles. The molecule has 0 aliphatic heterocycles. The third-order valence-electron chi connectivity index (χ3n) is 1.82. The van der Waals surface area contributed by atoms with Crippen molar-refractivity contribution in [3.8, 4) is 12.1 Å². The minimum atomic E-state index is -0.859. The molecule has 17 heavy (non-hydrogen) atoms. The summed E-state index contributed by atoms with van der Waals surface area (Å²) in [6.45, 7) is 3.33. The molecule has 3 N–H and O–H groups in total. The van der Waals surface area contributed by atoms with Crippen LogP contribution in [0.25, 0.3) is 0 Å². The van der Waals surface area contributed by atoms with Crippen LogP contribution in [0.1, 0.15) is 25.0 Å². The van der Waals surface area contributed by atoms with Crippen molar-refractivity contribution in [1.29, 1.82) is 10.5 Å². The summed E-state index contributed by atoms with van der Waals surface area (Å²) in [5.41, 5.74) is 5.20. The Bertz CT molecular complexity index is 508. The molecule has 1 rings (SSSR count). The Morgan fingerprint density at radius 1 is 1.41 bits per heavy atom. The number of pyridine rings is 1. The number of thioether (sulfide) groups is 1. The monoisotopic (exact) mass is 248 g/mol. The fourth-order valence-electron chi connectivity index (χ4n) is 1.03. The lowest BCUT2D eigenvalue weighted by molar-refractivity contribution is 0.107. The largest absolute Gasteiger partial charge is 0.390 e. The van der Waals surface area contributed by atoms with Gasteiger partial charge in [0.25, 0.3) is 0 Å². The van der Waals surface area contributed by atoms with E-state index in [9.17, 15) is 5.11 Å². The molecule has 1 aromatic heterocycles. The lowest BCUT2D eigenvalue weighted by Gasteiger charge is -2.16. The number of nitrogens with two attached hydrogens (primary N) is 1. The van der Waals surface area contributed by atoms with Crippen molar-refractivity contribution in [2.24, 2.45) is 0 Å². The van der Waals surface area contributed by atoms with Crippen LogP contribution in [0.15, 0.2) is 11.1 Å². The van der Waals surface area contributed by atoms with Gasteiger partial charge in [-0.05, 0) is 19.9 Å². The van der Waals surface area contributed by atoms with Crippen LogP contribution < -0.4 is 5.73 Å². The second-order valence-corrected chi connectivity index (χ2v) is 5.06. The first kappa shape index (κ1) is 13.3. The number of hydrogen-bond donors (Lipinski definition) is 2. The number of aromatic nitrogens is 1. The zero-order chi connectivity index (χ0) is 13.1. The Kier molecular flexibility index (Phi) is 3.95. The predicted octanol–water partition coefficient (Wildman–Crippen LogP) is 1.27. The molecule has 0 amide bonds. The van der Waals surface area contributed by atoms with Crippen molar-refractivity contribution in [2.45, 2.75) is 24.5 Å². The van der Waals surface area contributed by atoms with Crippen LogP contribution in [0, 0.1) is 22.7 Å². The van der Waals surface area contributed by atoms with E-state index >= 15 is 0 Å². The molecular weight excluding hydrogens is 236 g/mol. The maximum absolute atomic E-state index is 9.60. The Morgan fingerprint density at radius 3 is 2.47 bits per heavy atom. The Morgan fingerprint density at radius 2 is 2.00 bits per heavy atom. The van der Waals surface area contributed by atoms with Gasteiger partial charge < -0.3 is 10.8 Å². The molecule has 0 spiro atoms. The van der Waals surface area contributed by atoms with E-state index in [1.807, 2.05) is 12.1 Å². The minimum absolute atomic E-state index is 0.102. The van der Waals surface area contributed by atoms with Gasteiger partial charge in [-0.3, -0.25) is 0 Å². The second-order valence-electron chi connectivity index (χ2n) is 4.10. The van der Waals surface area contributed by atoms with Crippen LogP contribution in [0.2, 0.25) is 0 Å². The van der Waals surface area contributed by atoms with Gasteiger partial charge in [0.15, 0.2) is 0 Å². The number of nitrogens with zero attached hydrogens (tertiary/aromatic N) is 3. The van der Waals surface area contributed by atoms with Crippen molar-refractivity contribution in [1.82, 2.24) is 4.98 Å². The van der Waals surface area contributed by atoms with Gasteiger partial charge in [-0.15, -0.1) is 11.8 Å². The zero-order valence-electron chi connectivity index (χ0n) is 9.56. The molecule has 0 atom stereocenters. The molecule has 0 aromatic carbocycles. The molecule has 88 valence electrons. The fraction of sp³-hybridized carbons (Fsp3) is 0.364. The van der Waals surface area contributed by atoms with Gasteiger partial charge in [-0.25, -0.2) is 4.98 Å². The maximum atomic E-state index is 9.60. The van der Waals surface area contributed by atoms with Gasteiger partial charge in [-0.1, -0.05) is 0 Å². The van der Waals surface area contributed by atoms with Gasteiger partial charge in [0.2, 0.25) is 0 Å². The van der Waals surface area contributed by atoms with Crippen LogP contribution in [0.3, 0.4) is 0 Å². The van der Waals surface area contributed by atoms with Gasteiger partial charge in [0.05, 0.1) is 16.7 Å². The van der Waals surface area contributed by atoms with E-state index in [1.165, 1.54) is 17.8 Å². The highest BCUT2D eigenvalue weighted by atomic mass is 32.2. The summed E-state index contributed by atoms with van der Waals surface area (Å²) < 4.78 is 0. The summed E-state index contributed by atoms with van der Waals surface area (Å²) in [4.78, 5) is 4.00. The van der Waals surface area contributed by atoms with E-state index in [4.69, 9.17) is 16.3 Å². The average molecular weight is 248 g/mol. The normalized spacial score (nSPS) is 10.6. The molecule has 1 aromatic rings. The summed E-state index contributed by atoms with van der Waals surface area (Å²) in [7, 11) is 0. The van der Waals surface area contributed by atoms with Crippen LogP contribution in [-0.4, -0.2) is 21.4 Å². The van der Waals surface area contributed by atoms with E-state index in [0.29, 0.717) is 16.3 Å². The first-order chi connectivity index (χ1) is 7.87. The SMILES string of the molecule is CC(C)(O)CSc1nc(N)c(C#N)cc1C#N. The molecule has 0 aliphatic rings. The molecule has 0 saturated heterocycles. The van der Waals surface area contributed by atoms with E-state index in [-0.39, 0.29) is 11.4 Å². The first-order valence-corrected chi connectivity index (χ1v) is 5.82. The molecule has 0 unspecified atom stereocenters. The molecule has 0 fully saturated rings. The second kappa shape index (κ2) is 5.05. The third kappa shape index (κ3) is 3.63. The van der Waals surface area contributed by atoms with Gasteiger partial charge in [-0.2, -0.15) is 10.5 Å². The number of nitriles is 2. The van der Waals surface area contributed by atoms with Gasteiger partial charge in [0.1, 0.15) is 23.0 Å². The standard InChI is InChI=1S/C11H12N4OS/c1-11(2,16)6-17-10-8(5-13)3-7(4-12)9(14)15-10/h3,16H,6H2,1-2H3,(H2,14,15). The minimum Gasteiger partial charge on any atom is -0.390 e. The molecule has 0 aliphatic carbocycles. The number of aliphatic hydroxyl groups is 1. The Labute approximate surface area is 104 Å². The number of hydrogen-bond acceptors (Lipinski definition) is 6. The van der Waals surface area contributed by atoms with Crippen LogP contribution in [-0.2, 0) is 0 Å². The summed E-state index contributed by atoms with van der Waals surface area (Å²) in [6.07, 6.45) is 0. The lowest BCUT2D eigenvalue weighted by atomic mass is 10.2. The highest BCUT2D eigenvalue weighted by Crippen LogP contribution is 2.26. The topological polar surface area (TPSA) is 107 Å². The van der Waals surface area contributed by atoms with Crippen molar-refractivity contribution in [3.05, 3.63) is 17.2 Å². The highest BCUT2D eigenvalue weighted by Gasteiger charge is 2.16. The van der Waals surface area contributed by atoms with Crippen molar-refractivity contribution in [2.75, 3.05) is 11.5 Å². The predicted molar refractivity (Wildman–Crippen MR) is 65.1 cm³/mol. The van der Waals surface area contributed by atoms with Crippen LogP contribution in [0.4, 0.5) is 5.82 Å². The zero-order valence-corrected chi connectivity index (χ0v) is 10.4. The molecule has 0 bridgehead atoms. The van der Waals surface area contributed by atoms with Crippen LogP contribution >= 0.6 is 11.8 Å². The third-order valence-corrected chi connectivity index (χ3v) is 3.26. The summed E-state index contributed by atoms with van der Waals surface area (Å²) in [6, 6.07) is 5.25. The van der Waals surface area contributed by atoms with E-state index in [0.717, 1.165) is 0 Å². The maximum Gasteiger partial charge on any atom is 0.142 e. The van der Waals surface area contributed by atoms with Gasteiger partial charge in [0, 0.05) is 5.75 Å². The van der Waals surface area contributed by atoms with E-state index < -0.39 is 5.60 Å². The lowest BCUT2D eigenvalue weighted by Crippen LogP contribution is -2.21. The Balaban J connectivity index is 3.05. The molecular formula is C11H12N4OS. The summed E-state index contributed by atoms with van der Waals surface area (Å²) in [5.74, 6) is 0.491. The number of rotatable bonds is 3. The first-order valence-electron chi connectivity index (χ1n) is 4.83. The van der Waals surface area contributed by atoms with Gasteiger partial charge >= 0.3 is 0 Å². The quantitative estimate of drug-likeness (QED) is 0.780. The fourth-order valence-corrected chi connectivity index (χ4v) is 1.95. The van der Waals surface area contributed by atoms with Crippen molar-refractivity contribution in [3.63, 3.8) is 0 Å². The van der Waals surface area contributed by atoms with Crippen molar-refractivity contribution < 1.29 is 5.11 Å².